The summed E-state index contributed by atoms with van der Waals surface area (Å²) in [6.45, 7) is 6.62. The van der Waals surface area contributed by atoms with Crippen LogP contribution in [0.1, 0.15) is 27.7 Å². The molecule has 14 heavy (non-hydrogen) atoms. The Balaban J connectivity index is 4.81. The average Bonchev–Trinajstić information content (AvgIpc) is 2.15. The van der Waals surface area contributed by atoms with Gasteiger partial charge in [-0.25, -0.2) is 0 Å². The van der Waals surface area contributed by atoms with E-state index in [4.69, 9.17) is 10.00 Å². The number of aliphatic hydroxyl groups is 1. The molecule has 0 aliphatic rings. The molecule has 0 saturated carbocycles. The first-order chi connectivity index (χ1) is 6.40. The van der Waals surface area contributed by atoms with Gasteiger partial charge in [0, 0.05) is 5.92 Å². The molecule has 3 atom stereocenters. The fraction of sp³-hybridized carbons (Fsp3) is 0.800. The van der Waals surface area contributed by atoms with Crippen molar-refractivity contribution in [3.63, 3.8) is 0 Å². The van der Waals surface area contributed by atoms with Crippen molar-refractivity contribution in [1.82, 2.24) is 0 Å². The summed E-state index contributed by atoms with van der Waals surface area (Å²) < 4.78 is 4.80. The number of esters is 1. The zero-order valence-corrected chi connectivity index (χ0v) is 9.07. The van der Waals surface area contributed by atoms with Crippen LogP contribution < -0.4 is 0 Å². The number of hydrogen-bond acceptors (Lipinski definition) is 4. The van der Waals surface area contributed by atoms with Crippen molar-refractivity contribution in [3.8, 4) is 6.07 Å². The maximum Gasteiger partial charge on any atom is 0.326 e. The molecule has 4 heteroatoms. The zero-order valence-electron chi connectivity index (χ0n) is 9.07. The molecule has 0 rings (SSSR count). The van der Waals surface area contributed by atoms with Gasteiger partial charge < -0.3 is 9.84 Å². The van der Waals surface area contributed by atoms with Gasteiger partial charge in [0.15, 0.2) is 5.41 Å². The number of nitriles is 1. The summed E-state index contributed by atoms with van der Waals surface area (Å²) in [7, 11) is 0. The first-order valence-electron chi connectivity index (χ1n) is 4.66. The Kier molecular flexibility index (Phi) is 4.58. The lowest BCUT2D eigenvalue weighted by atomic mass is 9.77. The Hall–Kier alpha value is -1.08. The van der Waals surface area contributed by atoms with E-state index in [0.717, 1.165) is 0 Å². The lowest BCUT2D eigenvalue weighted by molar-refractivity contribution is -0.155. The molecule has 0 saturated heterocycles. The van der Waals surface area contributed by atoms with Crippen LogP contribution in [0.4, 0.5) is 0 Å². The van der Waals surface area contributed by atoms with Gasteiger partial charge in [0.1, 0.15) is 0 Å². The average molecular weight is 199 g/mol. The van der Waals surface area contributed by atoms with E-state index in [1.54, 1.807) is 20.8 Å². The molecule has 0 bridgehead atoms. The summed E-state index contributed by atoms with van der Waals surface area (Å²) in [6, 6.07) is 1.91. The highest BCUT2D eigenvalue weighted by atomic mass is 16.5. The molecule has 0 aromatic rings. The first-order valence-corrected chi connectivity index (χ1v) is 4.66. The topological polar surface area (TPSA) is 70.3 Å². The highest BCUT2D eigenvalue weighted by Crippen LogP contribution is 2.30. The Bertz CT molecular complexity index is 244. The Morgan fingerprint density at radius 1 is 1.64 bits per heavy atom. The summed E-state index contributed by atoms with van der Waals surface area (Å²) in [6.07, 6.45) is -0.718. The molecule has 0 aromatic carbocycles. The molecule has 80 valence electrons. The number of hydrogen-bond donors (Lipinski definition) is 1. The third kappa shape index (κ3) is 2.46. The van der Waals surface area contributed by atoms with Crippen molar-refractivity contribution < 1.29 is 14.6 Å². The van der Waals surface area contributed by atoms with Gasteiger partial charge in [0.2, 0.25) is 0 Å². The highest BCUT2D eigenvalue weighted by Gasteiger charge is 2.42. The van der Waals surface area contributed by atoms with Crippen molar-refractivity contribution in [2.24, 2.45) is 11.3 Å². The van der Waals surface area contributed by atoms with Crippen LogP contribution in [0.15, 0.2) is 0 Å². The molecule has 0 aromatic heterocycles. The second-order valence-electron chi connectivity index (χ2n) is 3.56. The molecule has 0 aliphatic carbocycles. The number of carbonyl (C=O) groups is 1. The first kappa shape index (κ1) is 12.9. The predicted octanol–water partition coefficient (Wildman–Crippen LogP) is 1.10. The van der Waals surface area contributed by atoms with E-state index in [9.17, 15) is 9.90 Å². The van der Waals surface area contributed by atoms with E-state index in [1.807, 2.05) is 6.07 Å². The lowest BCUT2D eigenvalue weighted by Crippen LogP contribution is -2.39. The molecule has 0 amide bonds. The van der Waals surface area contributed by atoms with Crippen LogP contribution in [0, 0.1) is 22.7 Å². The van der Waals surface area contributed by atoms with E-state index in [-0.39, 0.29) is 6.61 Å². The van der Waals surface area contributed by atoms with Crippen molar-refractivity contribution in [2.75, 3.05) is 6.61 Å². The van der Waals surface area contributed by atoms with Gasteiger partial charge in [0.05, 0.1) is 18.8 Å². The van der Waals surface area contributed by atoms with E-state index in [2.05, 4.69) is 0 Å². The van der Waals surface area contributed by atoms with Gasteiger partial charge in [0.25, 0.3) is 0 Å². The summed E-state index contributed by atoms with van der Waals surface area (Å²) in [5.74, 6) is -1.03. The van der Waals surface area contributed by atoms with Crippen molar-refractivity contribution >= 4 is 5.97 Å². The Labute approximate surface area is 84.5 Å². The Morgan fingerprint density at radius 2 is 2.14 bits per heavy atom. The molecule has 4 nitrogen and oxygen atoms in total. The molecule has 0 aliphatic heterocycles. The molecule has 0 radical (unpaired) electrons. The van der Waals surface area contributed by atoms with Gasteiger partial charge in [-0.2, -0.15) is 5.26 Å². The number of rotatable bonds is 4. The van der Waals surface area contributed by atoms with Gasteiger partial charge in [-0.15, -0.1) is 0 Å². The summed E-state index contributed by atoms with van der Waals surface area (Å²) >= 11 is 0. The molecule has 3 unspecified atom stereocenters. The minimum Gasteiger partial charge on any atom is -0.465 e. The van der Waals surface area contributed by atoms with Crippen molar-refractivity contribution in [2.45, 2.75) is 33.8 Å². The van der Waals surface area contributed by atoms with Gasteiger partial charge in [-0.1, -0.05) is 6.92 Å². The molecule has 0 heterocycles. The van der Waals surface area contributed by atoms with Crippen LogP contribution in [-0.4, -0.2) is 23.8 Å². The fourth-order valence-corrected chi connectivity index (χ4v) is 1.10. The molecular formula is C10H17NO3. The maximum absolute atomic E-state index is 11.5. The molecule has 0 spiro atoms. The quantitative estimate of drug-likeness (QED) is 0.688. The van der Waals surface area contributed by atoms with E-state index >= 15 is 0 Å². The van der Waals surface area contributed by atoms with Crippen molar-refractivity contribution in [3.05, 3.63) is 0 Å². The number of nitrogens with zero attached hydrogens (tertiary/aromatic N) is 1. The highest BCUT2D eigenvalue weighted by molar-refractivity contribution is 5.80. The SMILES string of the molecule is CCOC(=O)C(C)(C#N)C(C)C(C)O. The Morgan fingerprint density at radius 3 is 2.43 bits per heavy atom. The van der Waals surface area contributed by atoms with E-state index in [1.165, 1.54) is 6.92 Å². The second kappa shape index (κ2) is 4.97. The minimum absolute atomic E-state index is 0.239. The van der Waals surface area contributed by atoms with Gasteiger partial charge in [-0.05, 0) is 20.8 Å². The summed E-state index contributed by atoms with van der Waals surface area (Å²) in [4.78, 5) is 11.5. The fourth-order valence-electron chi connectivity index (χ4n) is 1.10. The van der Waals surface area contributed by atoms with Gasteiger partial charge >= 0.3 is 5.97 Å². The third-order valence-electron chi connectivity index (χ3n) is 2.57. The van der Waals surface area contributed by atoms with Crippen LogP contribution in [0.5, 0.6) is 0 Å². The second-order valence-corrected chi connectivity index (χ2v) is 3.56. The van der Waals surface area contributed by atoms with E-state index < -0.39 is 23.4 Å². The smallest absolute Gasteiger partial charge is 0.326 e. The van der Waals surface area contributed by atoms with Crippen LogP contribution in [0.3, 0.4) is 0 Å². The number of aliphatic hydroxyl groups excluding tert-OH is 1. The van der Waals surface area contributed by atoms with E-state index in [0.29, 0.717) is 0 Å². The van der Waals surface area contributed by atoms with Crippen LogP contribution in [0.25, 0.3) is 0 Å². The molecule has 1 N–H and O–H groups in total. The standard InChI is InChI=1S/C10H17NO3/c1-5-14-9(13)10(4,6-11)7(2)8(3)12/h7-8,12H,5H2,1-4H3. The summed E-state index contributed by atoms with van der Waals surface area (Å²) in [5.41, 5.74) is -1.27. The third-order valence-corrected chi connectivity index (χ3v) is 2.57. The number of ether oxygens (including phenoxy) is 1. The van der Waals surface area contributed by atoms with Crippen LogP contribution in [-0.2, 0) is 9.53 Å². The van der Waals surface area contributed by atoms with Crippen LogP contribution >= 0.6 is 0 Å². The van der Waals surface area contributed by atoms with Gasteiger partial charge in [-0.3, -0.25) is 4.79 Å². The summed E-state index contributed by atoms with van der Waals surface area (Å²) in [5, 5.41) is 18.3. The monoisotopic (exact) mass is 199 g/mol. The molecule has 0 fully saturated rings. The lowest BCUT2D eigenvalue weighted by Gasteiger charge is -2.28. The van der Waals surface area contributed by atoms with Crippen LogP contribution in [0.2, 0.25) is 0 Å². The van der Waals surface area contributed by atoms with Crippen molar-refractivity contribution in [1.29, 1.82) is 5.26 Å². The molecular weight excluding hydrogens is 182 g/mol. The predicted molar refractivity (Wildman–Crippen MR) is 51.2 cm³/mol. The minimum atomic E-state index is -1.27. The normalized spacial score (nSPS) is 18.9. The number of carbonyl (C=O) groups excluding carboxylic acids is 1. The maximum atomic E-state index is 11.5. The zero-order chi connectivity index (χ0) is 11.4. The largest absolute Gasteiger partial charge is 0.465 e.